The van der Waals surface area contributed by atoms with Gasteiger partial charge < -0.3 is 0 Å². The Morgan fingerprint density at radius 3 is 2.73 bits per heavy atom. The molecule has 0 atom stereocenters. The molecule has 0 spiro atoms. The third-order valence-corrected chi connectivity index (χ3v) is 2.27. The van der Waals surface area contributed by atoms with Gasteiger partial charge in [-0.2, -0.15) is 0 Å². The zero-order valence-electron chi connectivity index (χ0n) is 7.46. The number of hydrogen-bond donors (Lipinski definition) is 1. The number of nitrogens with one attached hydrogen (secondary N) is 1. The van der Waals surface area contributed by atoms with Crippen molar-refractivity contribution < 1.29 is 14.0 Å². The molecule has 0 radical (unpaired) electrons. The van der Waals surface area contributed by atoms with E-state index >= 15 is 0 Å². The molecule has 0 unspecified atom stereocenters. The van der Waals surface area contributed by atoms with E-state index in [1.807, 2.05) is 0 Å². The highest BCUT2D eigenvalue weighted by molar-refractivity contribution is 6.34. The summed E-state index contributed by atoms with van der Waals surface area (Å²) in [7, 11) is 0. The summed E-state index contributed by atoms with van der Waals surface area (Å²) in [6.07, 6.45) is -0.243. The maximum absolute atomic E-state index is 12.9. The van der Waals surface area contributed by atoms with Crippen LogP contribution in [0.25, 0.3) is 0 Å². The minimum absolute atomic E-state index is 0.146. The summed E-state index contributed by atoms with van der Waals surface area (Å²) in [5.41, 5.74) is 2.43. The number of anilines is 1. The average Bonchev–Trinajstić information content (AvgIpc) is 2.50. The van der Waals surface area contributed by atoms with Crippen molar-refractivity contribution in [1.82, 2.24) is 5.43 Å². The number of carbonyl (C=O) groups is 2. The average molecular weight is 229 g/mol. The molecule has 78 valence electrons. The van der Waals surface area contributed by atoms with E-state index in [-0.39, 0.29) is 17.1 Å². The molecule has 1 saturated heterocycles. The molecule has 1 aromatic rings. The summed E-state index contributed by atoms with van der Waals surface area (Å²) < 4.78 is 12.9. The monoisotopic (exact) mass is 228 g/mol. The van der Waals surface area contributed by atoms with Crippen LogP contribution in [0.15, 0.2) is 18.2 Å². The molecule has 0 aliphatic carbocycles. The molecule has 1 fully saturated rings. The van der Waals surface area contributed by atoms with Gasteiger partial charge in [0, 0.05) is 6.07 Å². The molecule has 2 rings (SSSR count). The Labute approximate surface area is 89.6 Å². The molecule has 6 heteroatoms. The molecule has 1 aliphatic heterocycles. The first-order chi connectivity index (χ1) is 7.08. The van der Waals surface area contributed by atoms with Gasteiger partial charge in [0.2, 0.25) is 5.91 Å². The Morgan fingerprint density at radius 1 is 1.40 bits per heavy atom. The van der Waals surface area contributed by atoms with E-state index in [1.165, 1.54) is 12.1 Å². The lowest BCUT2D eigenvalue weighted by molar-refractivity contribution is -0.122. The lowest BCUT2D eigenvalue weighted by atomic mass is 10.3. The quantitative estimate of drug-likeness (QED) is 0.736. The van der Waals surface area contributed by atoms with Crippen LogP contribution < -0.4 is 10.4 Å². The molecule has 1 aromatic carbocycles. The van der Waals surface area contributed by atoms with Crippen LogP contribution >= 0.6 is 11.6 Å². The highest BCUT2D eigenvalue weighted by atomic mass is 35.5. The van der Waals surface area contributed by atoms with Gasteiger partial charge in [0.05, 0.1) is 10.7 Å². The SMILES string of the molecule is O=C1CC(=O)N(c2cc(F)ccc2Cl)N1. The second-order valence-electron chi connectivity index (χ2n) is 3.04. The normalized spacial score (nSPS) is 15.7. The second-order valence-corrected chi connectivity index (χ2v) is 3.44. The first-order valence-corrected chi connectivity index (χ1v) is 4.53. The second kappa shape index (κ2) is 3.51. The summed E-state index contributed by atoms with van der Waals surface area (Å²) in [4.78, 5) is 22.2. The summed E-state index contributed by atoms with van der Waals surface area (Å²) >= 11 is 5.78. The molecular formula is C9H6ClFN2O2. The minimum Gasteiger partial charge on any atom is -0.273 e. The number of hydrogen-bond acceptors (Lipinski definition) is 2. The van der Waals surface area contributed by atoms with Gasteiger partial charge in [-0.25, -0.2) is 9.40 Å². The third-order valence-electron chi connectivity index (χ3n) is 1.95. The molecule has 2 amide bonds. The van der Waals surface area contributed by atoms with Crippen LogP contribution in [0, 0.1) is 5.82 Å². The predicted octanol–water partition coefficient (Wildman–Crippen LogP) is 1.25. The number of halogens is 2. The van der Waals surface area contributed by atoms with Crippen molar-refractivity contribution in [2.75, 3.05) is 5.01 Å². The topological polar surface area (TPSA) is 49.4 Å². The highest BCUT2D eigenvalue weighted by Crippen LogP contribution is 2.27. The van der Waals surface area contributed by atoms with E-state index in [9.17, 15) is 14.0 Å². The van der Waals surface area contributed by atoms with Gasteiger partial charge in [0.25, 0.3) is 5.91 Å². The molecule has 0 aromatic heterocycles. The third kappa shape index (κ3) is 1.78. The Balaban J connectivity index is 2.41. The standard InChI is InChI=1S/C9H6ClFN2O2/c10-6-2-1-5(11)3-7(6)13-9(15)4-8(14)12-13/h1-3H,4H2,(H,12,14). The van der Waals surface area contributed by atoms with Gasteiger partial charge in [-0.3, -0.25) is 15.0 Å². The van der Waals surface area contributed by atoms with Gasteiger partial charge in [-0.1, -0.05) is 11.6 Å². The fourth-order valence-corrected chi connectivity index (χ4v) is 1.50. The summed E-state index contributed by atoms with van der Waals surface area (Å²) in [5, 5.41) is 1.15. The molecule has 1 N–H and O–H groups in total. The van der Waals surface area contributed by atoms with E-state index in [2.05, 4.69) is 5.43 Å². The molecule has 15 heavy (non-hydrogen) atoms. The first-order valence-electron chi connectivity index (χ1n) is 4.15. The van der Waals surface area contributed by atoms with Crippen molar-refractivity contribution in [2.24, 2.45) is 0 Å². The van der Waals surface area contributed by atoms with Crippen LogP contribution in [0.3, 0.4) is 0 Å². The number of hydrazine groups is 1. The number of amides is 2. The number of rotatable bonds is 1. The summed E-state index contributed by atoms with van der Waals surface area (Å²) in [5.74, 6) is -1.41. The van der Waals surface area contributed by atoms with Gasteiger partial charge in [-0.15, -0.1) is 0 Å². The van der Waals surface area contributed by atoms with Gasteiger partial charge in [-0.05, 0) is 12.1 Å². The van der Waals surface area contributed by atoms with Crippen LogP contribution in [-0.2, 0) is 9.59 Å². The number of benzene rings is 1. The maximum atomic E-state index is 12.9. The number of nitrogens with zero attached hydrogens (tertiary/aromatic N) is 1. The van der Waals surface area contributed by atoms with Crippen molar-refractivity contribution in [3.05, 3.63) is 29.0 Å². The van der Waals surface area contributed by atoms with Crippen molar-refractivity contribution >= 4 is 29.1 Å². The highest BCUT2D eigenvalue weighted by Gasteiger charge is 2.29. The van der Waals surface area contributed by atoms with E-state index in [1.54, 1.807) is 0 Å². The van der Waals surface area contributed by atoms with Crippen molar-refractivity contribution in [3.63, 3.8) is 0 Å². The smallest absolute Gasteiger partial charge is 0.255 e. The van der Waals surface area contributed by atoms with Crippen LogP contribution in [0.4, 0.5) is 10.1 Å². The zero-order chi connectivity index (χ0) is 11.0. The van der Waals surface area contributed by atoms with E-state index in [4.69, 9.17) is 11.6 Å². The molecule has 0 saturated carbocycles. The Hall–Kier alpha value is -1.62. The summed E-state index contributed by atoms with van der Waals surface area (Å²) in [6.45, 7) is 0. The lowest BCUT2D eigenvalue weighted by Gasteiger charge is -2.16. The molecule has 4 nitrogen and oxygen atoms in total. The van der Waals surface area contributed by atoms with Crippen molar-refractivity contribution in [3.8, 4) is 0 Å². The molecule has 1 aliphatic rings. The molecule has 1 heterocycles. The first kappa shape index (κ1) is 9.92. The van der Waals surface area contributed by atoms with Crippen molar-refractivity contribution in [2.45, 2.75) is 6.42 Å². The van der Waals surface area contributed by atoms with Crippen LogP contribution in [0.5, 0.6) is 0 Å². The van der Waals surface area contributed by atoms with Crippen molar-refractivity contribution in [1.29, 1.82) is 0 Å². The van der Waals surface area contributed by atoms with Gasteiger partial charge >= 0.3 is 0 Å². The largest absolute Gasteiger partial charge is 0.273 e. The Morgan fingerprint density at radius 2 is 2.13 bits per heavy atom. The summed E-state index contributed by atoms with van der Waals surface area (Å²) in [6, 6.07) is 3.59. The van der Waals surface area contributed by atoms with Crippen LogP contribution in [0.1, 0.15) is 6.42 Å². The molecular weight excluding hydrogens is 223 g/mol. The van der Waals surface area contributed by atoms with Crippen LogP contribution in [0.2, 0.25) is 5.02 Å². The molecule has 0 bridgehead atoms. The van der Waals surface area contributed by atoms with Gasteiger partial charge in [0.15, 0.2) is 0 Å². The maximum Gasteiger partial charge on any atom is 0.255 e. The predicted molar refractivity (Wildman–Crippen MR) is 51.7 cm³/mol. The van der Waals surface area contributed by atoms with E-state index in [0.717, 1.165) is 11.1 Å². The minimum atomic E-state index is -0.525. The Kier molecular flexibility index (Phi) is 2.32. The van der Waals surface area contributed by atoms with Crippen LogP contribution in [-0.4, -0.2) is 11.8 Å². The fourth-order valence-electron chi connectivity index (χ4n) is 1.29. The zero-order valence-corrected chi connectivity index (χ0v) is 8.21. The van der Waals surface area contributed by atoms with E-state index < -0.39 is 17.6 Å². The lowest BCUT2D eigenvalue weighted by Crippen LogP contribution is -2.36. The fraction of sp³-hybridized carbons (Fsp3) is 0.111. The Bertz CT molecular complexity index is 450. The number of carbonyl (C=O) groups excluding carboxylic acids is 2. The van der Waals surface area contributed by atoms with E-state index in [0.29, 0.717) is 0 Å². The van der Waals surface area contributed by atoms with Gasteiger partial charge in [0.1, 0.15) is 12.2 Å².